The van der Waals surface area contributed by atoms with E-state index in [1.165, 1.54) is 12.1 Å². The summed E-state index contributed by atoms with van der Waals surface area (Å²) in [5, 5.41) is 3.03. The topological polar surface area (TPSA) is 63.7 Å². The first-order chi connectivity index (χ1) is 14.3. The second kappa shape index (κ2) is 10.00. The number of rotatable bonds is 7. The number of halogens is 1. The van der Waals surface area contributed by atoms with Crippen molar-refractivity contribution in [1.29, 1.82) is 0 Å². The van der Waals surface area contributed by atoms with Gasteiger partial charge in [-0.25, -0.2) is 9.37 Å². The quantitative estimate of drug-likeness (QED) is 0.746. The number of pyridine rings is 1. The van der Waals surface area contributed by atoms with E-state index in [1.54, 1.807) is 24.4 Å². The average Bonchev–Trinajstić information content (AvgIpc) is 2.66. The molecule has 1 N–H and O–H groups in total. The zero-order valence-corrected chi connectivity index (χ0v) is 18.0. The monoisotopic (exact) mass is 415 g/mol. The number of carbonyl (C=O) groups excluding carboxylic acids is 1. The maximum absolute atomic E-state index is 13.3. The van der Waals surface area contributed by atoms with Crippen LogP contribution in [0.3, 0.4) is 0 Å². The van der Waals surface area contributed by atoms with Crippen LogP contribution in [0.4, 0.5) is 4.39 Å². The molecule has 3 unspecified atom stereocenters. The number of amides is 1. The summed E-state index contributed by atoms with van der Waals surface area (Å²) < 4.78 is 24.6. The lowest BCUT2D eigenvalue weighted by molar-refractivity contribution is -0.135. The van der Waals surface area contributed by atoms with Gasteiger partial charge in [-0.3, -0.25) is 9.69 Å². The van der Waals surface area contributed by atoms with Crippen LogP contribution in [0.15, 0.2) is 42.6 Å². The van der Waals surface area contributed by atoms with Gasteiger partial charge in [-0.2, -0.15) is 0 Å². The Morgan fingerprint density at radius 1 is 1.27 bits per heavy atom. The van der Waals surface area contributed by atoms with Crippen molar-refractivity contribution in [2.45, 2.75) is 52.5 Å². The number of aromatic nitrogens is 1. The lowest BCUT2D eigenvalue weighted by atomic mass is 9.99. The van der Waals surface area contributed by atoms with Crippen LogP contribution in [0.25, 0.3) is 0 Å². The molecule has 162 valence electrons. The van der Waals surface area contributed by atoms with E-state index in [0.717, 1.165) is 18.7 Å². The van der Waals surface area contributed by atoms with Crippen LogP contribution in [-0.2, 0) is 16.1 Å². The summed E-state index contributed by atoms with van der Waals surface area (Å²) in [6.07, 6.45) is 1.87. The summed E-state index contributed by atoms with van der Waals surface area (Å²) in [5.41, 5.74) is 0.862. The van der Waals surface area contributed by atoms with Crippen LogP contribution in [0.5, 0.6) is 11.6 Å². The molecule has 1 amide bonds. The summed E-state index contributed by atoms with van der Waals surface area (Å²) in [6.45, 7) is 10.1. The smallest absolute Gasteiger partial charge is 0.237 e. The minimum absolute atomic E-state index is 0.00591. The number of carbonyl (C=O) groups is 1. The maximum Gasteiger partial charge on any atom is 0.237 e. The largest absolute Gasteiger partial charge is 0.439 e. The van der Waals surface area contributed by atoms with Crippen molar-refractivity contribution < 1.29 is 18.7 Å². The van der Waals surface area contributed by atoms with Gasteiger partial charge in [0.05, 0.1) is 18.2 Å². The van der Waals surface area contributed by atoms with Gasteiger partial charge in [0.1, 0.15) is 11.6 Å². The number of ether oxygens (including phenoxy) is 2. The van der Waals surface area contributed by atoms with Crippen molar-refractivity contribution in [2.75, 3.05) is 13.1 Å². The Bertz CT molecular complexity index is 834. The second-order valence-electron chi connectivity index (χ2n) is 8.18. The van der Waals surface area contributed by atoms with Crippen molar-refractivity contribution in [3.8, 4) is 11.6 Å². The van der Waals surface area contributed by atoms with Gasteiger partial charge in [-0.05, 0) is 37.5 Å². The molecular formula is C23H30FN3O3. The van der Waals surface area contributed by atoms with Crippen LogP contribution < -0.4 is 10.1 Å². The molecule has 1 aromatic carbocycles. The first-order valence-electron chi connectivity index (χ1n) is 10.4. The molecule has 0 aliphatic carbocycles. The predicted octanol–water partition coefficient (Wildman–Crippen LogP) is 3.76. The third-order valence-electron chi connectivity index (χ3n) is 5.02. The number of nitrogens with one attached hydrogen (secondary N) is 1. The number of nitrogens with zero attached hydrogens (tertiary/aromatic N) is 2. The highest BCUT2D eigenvalue weighted by Crippen LogP contribution is 2.21. The Morgan fingerprint density at radius 2 is 2.00 bits per heavy atom. The Morgan fingerprint density at radius 3 is 2.60 bits per heavy atom. The summed E-state index contributed by atoms with van der Waals surface area (Å²) in [6, 6.07) is 9.24. The summed E-state index contributed by atoms with van der Waals surface area (Å²) in [5.74, 6) is 0.578. The van der Waals surface area contributed by atoms with Crippen molar-refractivity contribution in [3.05, 3.63) is 54.0 Å². The molecule has 7 heteroatoms. The highest BCUT2D eigenvalue weighted by molar-refractivity contribution is 5.82. The molecule has 1 fully saturated rings. The first kappa shape index (κ1) is 22.2. The molecule has 0 spiro atoms. The van der Waals surface area contributed by atoms with E-state index in [0.29, 0.717) is 18.2 Å². The van der Waals surface area contributed by atoms with Gasteiger partial charge in [0.2, 0.25) is 11.8 Å². The molecular weight excluding hydrogens is 385 g/mol. The molecule has 2 heterocycles. The van der Waals surface area contributed by atoms with E-state index in [1.807, 2.05) is 19.9 Å². The summed E-state index contributed by atoms with van der Waals surface area (Å²) in [7, 11) is 0. The molecule has 3 rings (SSSR count). The summed E-state index contributed by atoms with van der Waals surface area (Å²) in [4.78, 5) is 19.4. The lowest BCUT2D eigenvalue weighted by Crippen LogP contribution is -2.56. The van der Waals surface area contributed by atoms with Crippen molar-refractivity contribution >= 4 is 5.91 Å². The molecule has 0 bridgehead atoms. The van der Waals surface area contributed by atoms with Gasteiger partial charge in [0, 0.05) is 38.0 Å². The number of benzene rings is 1. The van der Waals surface area contributed by atoms with E-state index in [4.69, 9.17) is 9.47 Å². The Kier molecular flexibility index (Phi) is 7.39. The van der Waals surface area contributed by atoms with E-state index >= 15 is 0 Å². The zero-order chi connectivity index (χ0) is 21.7. The average molecular weight is 416 g/mol. The highest BCUT2D eigenvalue weighted by Gasteiger charge is 2.33. The van der Waals surface area contributed by atoms with Crippen molar-refractivity contribution in [2.24, 2.45) is 5.92 Å². The zero-order valence-electron chi connectivity index (χ0n) is 18.0. The standard InChI is InChI=1S/C23H30FN3O3/c1-15(2)22(27-13-16(3)29-17(4)14-27)23(28)26-12-18-8-9-21(25-11-18)30-20-7-5-6-19(24)10-20/h5-11,15-17,22H,12-14H2,1-4H3,(H,26,28). The van der Waals surface area contributed by atoms with E-state index in [-0.39, 0.29) is 35.9 Å². The van der Waals surface area contributed by atoms with E-state index in [2.05, 4.69) is 29.0 Å². The minimum Gasteiger partial charge on any atom is -0.439 e. The van der Waals surface area contributed by atoms with Gasteiger partial charge in [-0.15, -0.1) is 0 Å². The predicted molar refractivity (Wildman–Crippen MR) is 113 cm³/mol. The highest BCUT2D eigenvalue weighted by atomic mass is 19.1. The van der Waals surface area contributed by atoms with Crippen LogP contribution >= 0.6 is 0 Å². The molecule has 2 aromatic rings. The molecule has 6 nitrogen and oxygen atoms in total. The van der Waals surface area contributed by atoms with Crippen LogP contribution in [0.1, 0.15) is 33.3 Å². The van der Waals surface area contributed by atoms with Crippen molar-refractivity contribution in [3.63, 3.8) is 0 Å². The molecule has 1 saturated heterocycles. The fourth-order valence-corrected chi connectivity index (χ4v) is 3.86. The van der Waals surface area contributed by atoms with Crippen molar-refractivity contribution in [1.82, 2.24) is 15.2 Å². The minimum atomic E-state index is -0.365. The van der Waals surface area contributed by atoms with Gasteiger partial charge in [0.15, 0.2) is 0 Å². The number of hydrogen-bond donors (Lipinski definition) is 1. The van der Waals surface area contributed by atoms with Gasteiger partial charge >= 0.3 is 0 Å². The lowest BCUT2D eigenvalue weighted by Gasteiger charge is -2.41. The van der Waals surface area contributed by atoms with Gasteiger partial charge in [0.25, 0.3) is 0 Å². The number of morpholine rings is 1. The molecule has 0 radical (unpaired) electrons. The SMILES string of the molecule is CC1CN(C(C(=O)NCc2ccc(Oc3cccc(F)c3)nc2)C(C)C)CC(C)O1. The van der Waals surface area contributed by atoms with Gasteiger partial charge < -0.3 is 14.8 Å². The molecule has 1 aromatic heterocycles. The van der Waals surface area contributed by atoms with Gasteiger partial charge in [-0.1, -0.05) is 26.0 Å². The molecule has 3 atom stereocenters. The Labute approximate surface area is 177 Å². The van der Waals surface area contributed by atoms with E-state index in [9.17, 15) is 9.18 Å². The van der Waals surface area contributed by atoms with Crippen LogP contribution in [0, 0.1) is 11.7 Å². The van der Waals surface area contributed by atoms with E-state index < -0.39 is 0 Å². The number of hydrogen-bond acceptors (Lipinski definition) is 5. The fourth-order valence-electron chi connectivity index (χ4n) is 3.86. The third kappa shape index (κ3) is 6.00. The molecule has 1 aliphatic rings. The Hall–Kier alpha value is -2.51. The fraction of sp³-hybridized carbons (Fsp3) is 0.478. The second-order valence-corrected chi connectivity index (χ2v) is 8.18. The normalized spacial score (nSPS) is 20.7. The Balaban J connectivity index is 1.57. The maximum atomic E-state index is 13.3. The summed E-state index contributed by atoms with van der Waals surface area (Å²) >= 11 is 0. The van der Waals surface area contributed by atoms with Crippen LogP contribution in [-0.4, -0.2) is 47.1 Å². The first-order valence-corrected chi connectivity index (χ1v) is 10.4. The molecule has 0 saturated carbocycles. The molecule has 30 heavy (non-hydrogen) atoms. The van der Waals surface area contributed by atoms with Crippen LogP contribution in [0.2, 0.25) is 0 Å². The molecule has 1 aliphatic heterocycles. The third-order valence-corrected chi connectivity index (χ3v) is 5.02.